The first-order chi connectivity index (χ1) is 29.3. The van der Waals surface area contributed by atoms with Crippen LogP contribution in [0.25, 0.3) is 0 Å². The second-order valence-electron chi connectivity index (χ2n) is 17.4. The van der Waals surface area contributed by atoms with Crippen molar-refractivity contribution in [2.75, 3.05) is 6.61 Å². The lowest BCUT2D eigenvalue weighted by Crippen LogP contribution is -2.82. The number of carbonyl (C=O) groups excluding carboxylic acids is 6. The molecule has 15 heteroatoms. The molecule has 328 valence electrons. The second kappa shape index (κ2) is 16.5. The van der Waals surface area contributed by atoms with Crippen LogP contribution in [0.3, 0.4) is 0 Å². The number of rotatable bonds is 10. The van der Waals surface area contributed by atoms with Crippen molar-refractivity contribution in [3.63, 3.8) is 0 Å². The van der Waals surface area contributed by atoms with E-state index >= 15 is 4.79 Å². The van der Waals surface area contributed by atoms with Gasteiger partial charge in [0.15, 0.2) is 23.6 Å². The molecule has 7 rings (SSSR count). The molecule has 1 heterocycles. The molecule has 3 aromatic rings. The molecule has 3 fully saturated rings. The van der Waals surface area contributed by atoms with E-state index in [0.29, 0.717) is 5.56 Å². The highest BCUT2D eigenvalue weighted by Gasteiger charge is 2.78. The van der Waals surface area contributed by atoms with E-state index in [4.69, 9.17) is 23.7 Å². The molecule has 3 aromatic carbocycles. The predicted molar refractivity (Wildman–Crippen MR) is 218 cm³/mol. The number of aliphatic hydroxyl groups excluding tert-OH is 2. The van der Waals surface area contributed by atoms with Gasteiger partial charge < -0.3 is 44.3 Å². The molecule has 4 aliphatic rings. The minimum atomic E-state index is -2.39. The maximum absolute atomic E-state index is 15.5. The van der Waals surface area contributed by atoms with Crippen molar-refractivity contribution in [1.29, 1.82) is 0 Å². The molecular weight excluding hydrogens is 803 g/mol. The van der Waals surface area contributed by atoms with E-state index < -0.39 is 113 Å². The van der Waals surface area contributed by atoms with Gasteiger partial charge in [-0.1, -0.05) is 80.6 Å². The molecule has 1 unspecified atom stereocenters. The number of esters is 4. The maximum atomic E-state index is 15.5. The van der Waals surface area contributed by atoms with Crippen LogP contribution in [-0.2, 0) is 42.9 Å². The molecule has 4 N–H and O–H groups in total. The van der Waals surface area contributed by atoms with Gasteiger partial charge >= 0.3 is 23.9 Å². The summed E-state index contributed by atoms with van der Waals surface area (Å²) in [6, 6.07) is 22.9. The van der Waals surface area contributed by atoms with E-state index in [-0.39, 0.29) is 35.3 Å². The molecule has 0 spiro atoms. The predicted octanol–water partition coefficient (Wildman–Crippen LogP) is 3.74. The van der Waals surface area contributed by atoms with E-state index in [0.717, 1.165) is 13.8 Å². The van der Waals surface area contributed by atoms with Gasteiger partial charge in [0.2, 0.25) is 0 Å². The summed E-state index contributed by atoms with van der Waals surface area (Å²) in [6.07, 6.45) is -10.5. The molecule has 1 amide bonds. The van der Waals surface area contributed by atoms with Gasteiger partial charge in [0, 0.05) is 37.7 Å². The van der Waals surface area contributed by atoms with E-state index in [1.54, 1.807) is 92.7 Å². The van der Waals surface area contributed by atoms with Gasteiger partial charge in [-0.05, 0) is 54.8 Å². The number of hydrogen-bond acceptors (Lipinski definition) is 14. The molecule has 62 heavy (non-hydrogen) atoms. The quantitative estimate of drug-likeness (QED) is 0.130. The largest absolute Gasteiger partial charge is 0.456 e. The molecule has 1 aliphatic heterocycles. The summed E-state index contributed by atoms with van der Waals surface area (Å²) in [5.41, 5.74) is -7.02. The average Bonchev–Trinajstić information content (AvgIpc) is 3.24. The first-order valence-electron chi connectivity index (χ1n) is 20.5. The van der Waals surface area contributed by atoms with Gasteiger partial charge in [-0.15, -0.1) is 0 Å². The number of carbonyl (C=O) groups is 6. The fraction of sp³-hybridized carbons (Fsp3) is 0.447. The first-order valence-corrected chi connectivity index (χ1v) is 20.5. The summed E-state index contributed by atoms with van der Waals surface area (Å²) in [4.78, 5) is 83.5. The number of nitrogens with one attached hydrogen (secondary N) is 1. The van der Waals surface area contributed by atoms with Crippen molar-refractivity contribution < 1.29 is 67.8 Å². The van der Waals surface area contributed by atoms with Crippen LogP contribution in [0, 0.1) is 16.7 Å². The number of Topliss-reactive ketones (excluding diaryl/α,β-unsaturated/α-hetero) is 1. The van der Waals surface area contributed by atoms with Crippen LogP contribution >= 0.6 is 0 Å². The molecule has 0 radical (unpaired) electrons. The van der Waals surface area contributed by atoms with Crippen molar-refractivity contribution >= 4 is 35.6 Å². The normalized spacial score (nSPS) is 31.9. The molecule has 11 atom stereocenters. The van der Waals surface area contributed by atoms with Gasteiger partial charge in [0.25, 0.3) is 5.91 Å². The summed E-state index contributed by atoms with van der Waals surface area (Å²) in [6.45, 7) is 7.97. The van der Waals surface area contributed by atoms with E-state index in [9.17, 15) is 39.3 Å². The van der Waals surface area contributed by atoms with Crippen molar-refractivity contribution in [1.82, 2.24) is 5.32 Å². The maximum Gasteiger partial charge on any atom is 0.338 e. The second-order valence-corrected chi connectivity index (χ2v) is 17.4. The number of amides is 1. The Hall–Kier alpha value is -5.74. The van der Waals surface area contributed by atoms with Crippen molar-refractivity contribution in [3.8, 4) is 0 Å². The molecule has 0 aromatic heterocycles. The standard InChI is InChI=1S/C47H51NO14/c1-25-31(60-43(56)36(52)35(28-16-10-7-11-17-28)48-41(54)29-18-12-8-13-19-29)23-47(57)40(61-42(55)30-20-14-9-15-21-30)38-45(6,32(51)22-33-46(38,24-58-33)62-27(3)50)39(53)37(59-26(2)49)34(25)44(47,4)5/h7-21,31-33,35-38,40,51-52,57H,22-24H2,1-6H3,(H,48,54)/t31-,32-,33?,35-,36-,37+,38-,40-,45+,46-,47+/m0/s1. The van der Waals surface area contributed by atoms with E-state index in [1.165, 1.54) is 26.0 Å². The Morgan fingerprint density at radius 1 is 0.823 bits per heavy atom. The summed E-state index contributed by atoms with van der Waals surface area (Å²) < 4.78 is 30.3. The smallest absolute Gasteiger partial charge is 0.338 e. The Kier molecular flexibility index (Phi) is 11.8. The van der Waals surface area contributed by atoms with E-state index in [1.807, 2.05) is 0 Å². The fourth-order valence-electron chi connectivity index (χ4n) is 10.2. The Morgan fingerprint density at radius 3 is 1.95 bits per heavy atom. The summed E-state index contributed by atoms with van der Waals surface area (Å²) >= 11 is 0. The molecule has 1 saturated heterocycles. The number of ether oxygens (including phenoxy) is 5. The minimum Gasteiger partial charge on any atom is -0.456 e. The Morgan fingerprint density at radius 2 is 1.40 bits per heavy atom. The Bertz CT molecular complexity index is 2280. The highest BCUT2D eigenvalue weighted by molar-refractivity contribution is 5.96. The molecule has 15 nitrogen and oxygen atoms in total. The lowest BCUT2D eigenvalue weighted by Gasteiger charge is -2.67. The van der Waals surface area contributed by atoms with Gasteiger partial charge in [-0.3, -0.25) is 19.2 Å². The van der Waals surface area contributed by atoms with Crippen LogP contribution in [0.1, 0.15) is 86.7 Å². The van der Waals surface area contributed by atoms with Crippen molar-refractivity contribution in [3.05, 3.63) is 119 Å². The topological polar surface area (TPSA) is 221 Å². The van der Waals surface area contributed by atoms with E-state index in [2.05, 4.69) is 5.32 Å². The van der Waals surface area contributed by atoms with Crippen LogP contribution in [0.5, 0.6) is 0 Å². The lowest BCUT2D eigenvalue weighted by molar-refractivity contribution is -0.346. The number of aliphatic hydroxyl groups is 3. The fourth-order valence-corrected chi connectivity index (χ4v) is 10.2. The third-order valence-electron chi connectivity index (χ3n) is 13.5. The number of hydrogen-bond donors (Lipinski definition) is 4. The highest BCUT2D eigenvalue weighted by atomic mass is 16.6. The summed E-state index contributed by atoms with van der Waals surface area (Å²) in [5, 5.41) is 40.2. The van der Waals surface area contributed by atoms with Crippen LogP contribution < -0.4 is 5.32 Å². The number of ketones is 1. The molecular formula is C47H51NO14. The van der Waals surface area contributed by atoms with Crippen LogP contribution in [0.15, 0.2) is 102 Å². The highest BCUT2D eigenvalue weighted by Crippen LogP contribution is 2.64. The first kappa shape index (κ1) is 44.3. The number of benzene rings is 3. The lowest BCUT2D eigenvalue weighted by atomic mass is 9.44. The average molecular weight is 854 g/mol. The van der Waals surface area contributed by atoms with Gasteiger partial charge in [-0.25, -0.2) is 9.59 Å². The van der Waals surface area contributed by atoms with Crippen molar-refractivity contribution in [2.45, 2.75) is 108 Å². The van der Waals surface area contributed by atoms with Crippen LogP contribution in [0.2, 0.25) is 0 Å². The van der Waals surface area contributed by atoms with Crippen LogP contribution in [-0.4, -0.2) is 105 Å². The summed E-state index contributed by atoms with van der Waals surface area (Å²) in [7, 11) is 0. The monoisotopic (exact) mass is 853 g/mol. The van der Waals surface area contributed by atoms with Crippen molar-refractivity contribution in [2.24, 2.45) is 16.7 Å². The Labute approximate surface area is 358 Å². The third kappa shape index (κ3) is 7.29. The zero-order chi connectivity index (χ0) is 44.9. The third-order valence-corrected chi connectivity index (χ3v) is 13.5. The van der Waals surface area contributed by atoms with Gasteiger partial charge in [0.1, 0.15) is 23.9 Å². The van der Waals surface area contributed by atoms with Gasteiger partial charge in [-0.2, -0.15) is 0 Å². The SMILES string of the molecule is CC(=O)O[C@H]1C(=O)[C@]2(C)[C@@H](O)CC3OC[C@@]3(OC(C)=O)[C@H]2[C@H](OC(=O)c2ccccc2)[C@]2(O)C[C@H](OC(=O)[C@@H](O)[C@@H](NC(=O)c3ccccc3)c3ccccc3)C(C)=C1C2(C)C. The Balaban J connectivity index is 1.39. The minimum absolute atomic E-state index is 0.00289. The zero-order valence-electron chi connectivity index (χ0n) is 35.2. The summed E-state index contributed by atoms with van der Waals surface area (Å²) in [5.74, 6) is -6.84. The van der Waals surface area contributed by atoms with Crippen LogP contribution in [0.4, 0.5) is 0 Å². The van der Waals surface area contributed by atoms with Gasteiger partial charge in [0.05, 0.1) is 35.6 Å². The molecule has 2 bridgehead atoms. The zero-order valence-corrected chi connectivity index (χ0v) is 35.2. The molecule has 2 saturated carbocycles. The number of fused-ring (bicyclic) bond motifs is 5. The molecule has 3 aliphatic carbocycles.